The lowest BCUT2D eigenvalue weighted by atomic mass is 9.92. The number of likely N-dealkylation sites (tertiary alicyclic amines) is 1. The largest absolute Gasteiger partial charge is 0.340 e. The van der Waals surface area contributed by atoms with Crippen LogP contribution in [-0.2, 0) is 4.79 Å². The monoisotopic (exact) mass is 212 g/mol. The average Bonchev–Trinajstić information content (AvgIpc) is 2.17. The Morgan fingerprint density at radius 1 is 1.53 bits per heavy atom. The molecule has 1 aliphatic heterocycles. The molecule has 3 nitrogen and oxygen atoms in total. The summed E-state index contributed by atoms with van der Waals surface area (Å²) in [7, 11) is 0. The zero-order chi connectivity index (χ0) is 11.4. The molecule has 1 fully saturated rings. The lowest BCUT2D eigenvalue weighted by molar-refractivity contribution is -0.139. The fourth-order valence-corrected chi connectivity index (χ4v) is 2.39. The molecule has 0 radical (unpaired) electrons. The van der Waals surface area contributed by atoms with E-state index in [0.717, 1.165) is 31.7 Å². The summed E-state index contributed by atoms with van der Waals surface area (Å²) in [6.07, 6.45) is 3.09. The normalized spacial score (nSPS) is 28.9. The van der Waals surface area contributed by atoms with Gasteiger partial charge in [0.1, 0.15) is 0 Å². The van der Waals surface area contributed by atoms with Crippen LogP contribution < -0.4 is 5.73 Å². The second kappa shape index (κ2) is 5.50. The lowest BCUT2D eigenvalue weighted by Gasteiger charge is -2.38. The number of amides is 1. The quantitative estimate of drug-likeness (QED) is 0.772. The number of carbonyl (C=O) groups is 1. The fraction of sp³-hybridized carbons (Fsp3) is 0.917. The van der Waals surface area contributed by atoms with Crippen LogP contribution in [0.5, 0.6) is 0 Å². The van der Waals surface area contributed by atoms with E-state index in [2.05, 4.69) is 13.8 Å². The van der Waals surface area contributed by atoms with Crippen LogP contribution in [0, 0.1) is 11.8 Å². The minimum absolute atomic E-state index is 0.0888. The summed E-state index contributed by atoms with van der Waals surface area (Å²) in [5.74, 6) is 1.14. The van der Waals surface area contributed by atoms with E-state index in [9.17, 15) is 4.79 Å². The summed E-state index contributed by atoms with van der Waals surface area (Å²) in [6, 6.07) is 0.404. The van der Waals surface area contributed by atoms with E-state index >= 15 is 0 Å². The number of piperidine rings is 1. The van der Waals surface area contributed by atoms with Gasteiger partial charge in [0.25, 0.3) is 0 Å². The third-order valence-electron chi connectivity index (χ3n) is 3.44. The molecule has 3 unspecified atom stereocenters. The molecule has 0 aromatic rings. The summed E-state index contributed by atoms with van der Waals surface area (Å²) in [6.45, 7) is 7.94. The number of rotatable bonds is 3. The molecule has 0 aliphatic carbocycles. The maximum absolute atomic E-state index is 12.1. The molecule has 0 bridgehead atoms. The van der Waals surface area contributed by atoms with Crippen LogP contribution in [0.1, 0.15) is 40.0 Å². The van der Waals surface area contributed by atoms with E-state index in [1.165, 1.54) is 0 Å². The Kier molecular flexibility index (Phi) is 4.58. The molecule has 0 spiro atoms. The molecular formula is C12H24N2O. The third kappa shape index (κ3) is 3.20. The smallest absolute Gasteiger partial charge is 0.225 e. The van der Waals surface area contributed by atoms with Gasteiger partial charge in [0.15, 0.2) is 0 Å². The van der Waals surface area contributed by atoms with Gasteiger partial charge >= 0.3 is 0 Å². The first-order valence-corrected chi connectivity index (χ1v) is 6.06. The van der Waals surface area contributed by atoms with Crippen molar-refractivity contribution in [2.45, 2.75) is 46.1 Å². The van der Waals surface area contributed by atoms with Crippen molar-refractivity contribution in [2.75, 3.05) is 13.1 Å². The molecule has 1 amide bonds. The molecule has 3 atom stereocenters. The Morgan fingerprint density at radius 2 is 2.20 bits per heavy atom. The third-order valence-corrected chi connectivity index (χ3v) is 3.44. The Morgan fingerprint density at radius 3 is 2.73 bits per heavy atom. The van der Waals surface area contributed by atoms with Crippen molar-refractivity contribution in [1.82, 2.24) is 4.90 Å². The van der Waals surface area contributed by atoms with Crippen LogP contribution >= 0.6 is 0 Å². The fourth-order valence-electron chi connectivity index (χ4n) is 2.39. The highest BCUT2D eigenvalue weighted by Crippen LogP contribution is 2.23. The SMILES string of the molecule is CC1CCN(C(=O)C(C)CCN)C(C)C1. The van der Waals surface area contributed by atoms with E-state index < -0.39 is 0 Å². The Balaban J connectivity index is 2.52. The summed E-state index contributed by atoms with van der Waals surface area (Å²) >= 11 is 0. The van der Waals surface area contributed by atoms with E-state index in [-0.39, 0.29) is 5.92 Å². The maximum Gasteiger partial charge on any atom is 0.225 e. The molecule has 1 heterocycles. The van der Waals surface area contributed by atoms with Gasteiger partial charge in [-0.15, -0.1) is 0 Å². The highest BCUT2D eigenvalue weighted by atomic mass is 16.2. The minimum atomic E-state index is 0.0888. The molecule has 0 aromatic heterocycles. The van der Waals surface area contributed by atoms with Crippen molar-refractivity contribution in [1.29, 1.82) is 0 Å². The van der Waals surface area contributed by atoms with Crippen molar-refractivity contribution < 1.29 is 4.79 Å². The van der Waals surface area contributed by atoms with Gasteiger partial charge in [-0.3, -0.25) is 4.79 Å². The van der Waals surface area contributed by atoms with Crippen molar-refractivity contribution in [3.63, 3.8) is 0 Å². The van der Waals surface area contributed by atoms with Crippen LogP contribution in [0.4, 0.5) is 0 Å². The predicted molar refractivity (Wildman–Crippen MR) is 62.4 cm³/mol. The van der Waals surface area contributed by atoms with Gasteiger partial charge in [0.2, 0.25) is 5.91 Å². The van der Waals surface area contributed by atoms with E-state index in [0.29, 0.717) is 18.5 Å². The van der Waals surface area contributed by atoms with Crippen molar-refractivity contribution in [3.8, 4) is 0 Å². The van der Waals surface area contributed by atoms with Crippen LogP contribution in [0.3, 0.4) is 0 Å². The van der Waals surface area contributed by atoms with E-state index in [4.69, 9.17) is 5.73 Å². The molecular weight excluding hydrogens is 188 g/mol. The van der Waals surface area contributed by atoms with Gasteiger partial charge in [-0.25, -0.2) is 0 Å². The minimum Gasteiger partial charge on any atom is -0.340 e. The van der Waals surface area contributed by atoms with Crippen LogP contribution in [0.25, 0.3) is 0 Å². The Bertz CT molecular complexity index is 218. The maximum atomic E-state index is 12.1. The number of hydrogen-bond acceptors (Lipinski definition) is 2. The van der Waals surface area contributed by atoms with Crippen molar-refractivity contribution in [3.05, 3.63) is 0 Å². The average molecular weight is 212 g/mol. The number of carbonyl (C=O) groups excluding carboxylic acids is 1. The first-order valence-electron chi connectivity index (χ1n) is 6.06. The molecule has 1 rings (SSSR count). The van der Waals surface area contributed by atoms with Crippen LogP contribution in [0.2, 0.25) is 0 Å². The molecule has 0 saturated carbocycles. The Labute approximate surface area is 93.0 Å². The molecule has 3 heteroatoms. The zero-order valence-electron chi connectivity index (χ0n) is 10.2. The lowest BCUT2D eigenvalue weighted by Crippen LogP contribution is -2.46. The molecule has 88 valence electrons. The standard InChI is InChI=1S/C12H24N2O/c1-9-5-7-14(11(3)8-9)12(15)10(2)4-6-13/h9-11H,4-8,13H2,1-3H3. The summed E-state index contributed by atoms with van der Waals surface area (Å²) < 4.78 is 0. The number of nitrogens with zero attached hydrogens (tertiary/aromatic N) is 1. The highest BCUT2D eigenvalue weighted by Gasteiger charge is 2.28. The molecule has 1 aliphatic rings. The van der Waals surface area contributed by atoms with Crippen molar-refractivity contribution in [2.24, 2.45) is 17.6 Å². The molecule has 1 saturated heterocycles. The van der Waals surface area contributed by atoms with Gasteiger partial charge in [-0.1, -0.05) is 13.8 Å². The van der Waals surface area contributed by atoms with Gasteiger partial charge in [0.05, 0.1) is 0 Å². The van der Waals surface area contributed by atoms with E-state index in [1.54, 1.807) is 0 Å². The Hall–Kier alpha value is -0.570. The second-order valence-corrected chi connectivity index (χ2v) is 4.99. The van der Waals surface area contributed by atoms with Gasteiger partial charge in [-0.2, -0.15) is 0 Å². The van der Waals surface area contributed by atoms with Crippen LogP contribution in [-0.4, -0.2) is 29.9 Å². The van der Waals surface area contributed by atoms with Gasteiger partial charge in [0, 0.05) is 18.5 Å². The summed E-state index contributed by atoms with van der Waals surface area (Å²) in [5, 5.41) is 0. The van der Waals surface area contributed by atoms with Crippen LogP contribution in [0.15, 0.2) is 0 Å². The first kappa shape index (κ1) is 12.5. The van der Waals surface area contributed by atoms with Gasteiger partial charge in [-0.05, 0) is 38.6 Å². The topological polar surface area (TPSA) is 46.3 Å². The second-order valence-electron chi connectivity index (χ2n) is 4.99. The van der Waals surface area contributed by atoms with E-state index in [1.807, 2.05) is 11.8 Å². The summed E-state index contributed by atoms with van der Waals surface area (Å²) in [5.41, 5.74) is 5.48. The van der Waals surface area contributed by atoms with Crippen molar-refractivity contribution >= 4 is 5.91 Å². The number of nitrogens with two attached hydrogens (primary N) is 1. The first-order chi connectivity index (χ1) is 7.06. The highest BCUT2D eigenvalue weighted by molar-refractivity contribution is 5.78. The molecule has 15 heavy (non-hydrogen) atoms. The zero-order valence-corrected chi connectivity index (χ0v) is 10.2. The summed E-state index contributed by atoms with van der Waals surface area (Å²) in [4.78, 5) is 14.1. The number of hydrogen-bond donors (Lipinski definition) is 1. The predicted octanol–water partition coefficient (Wildman–Crippen LogP) is 1.62. The molecule has 0 aromatic carbocycles. The molecule has 2 N–H and O–H groups in total. The van der Waals surface area contributed by atoms with Gasteiger partial charge < -0.3 is 10.6 Å².